The summed E-state index contributed by atoms with van der Waals surface area (Å²) in [6.45, 7) is 0. The molecule has 0 saturated carbocycles. The van der Waals surface area contributed by atoms with Gasteiger partial charge in [-0.05, 0) is 30.7 Å². The lowest BCUT2D eigenvalue weighted by atomic mass is 10.2. The van der Waals surface area contributed by atoms with Gasteiger partial charge in [-0.1, -0.05) is 18.0 Å². The molecule has 16 heavy (non-hydrogen) atoms. The van der Waals surface area contributed by atoms with Gasteiger partial charge in [0.05, 0.1) is 17.1 Å². The van der Waals surface area contributed by atoms with Crippen molar-refractivity contribution in [1.82, 2.24) is 4.98 Å². The molecule has 1 aliphatic heterocycles. The first-order valence-electron chi connectivity index (χ1n) is 5.30. The second-order valence-electron chi connectivity index (χ2n) is 3.71. The van der Waals surface area contributed by atoms with Gasteiger partial charge < -0.3 is 5.32 Å². The highest BCUT2D eigenvalue weighted by Crippen LogP contribution is 2.26. The molecule has 86 valence electrons. The summed E-state index contributed by atoms with van der Waals surface area (Å²) in [7, 11) is 0. The summed E-state index contributed by atoms with van der Waals surface area (Å²) in [6, 6.07) is 3.44. The van der Waals surface area contributed by atoms with Crippen LogP contribution in [0.4, 0.5) is 5.69 Å². The Bertz CT molecular complexity index is 363. The number of anilines is 1. The Hall–Kier alpha value is -0.740. The summed E-state index contributed by atoms with van der Waals surface area (Å²) < 4.78 is 0. The Morgan fingerprint density at radius 2 is 2.38 bits per heavy atom. The standard InChI is InChI=1S/C11H13ClN2OS/c12-10-5-4-8(7-13-10)14-11(15)9-3-1-2-6-16-9/h4-5,7,9H,1-3,6H2,(H,14,15). The van der Waals surface area contributed by atoms with Crippen LogP contribution in [0.5, 0.6) is 0 Å². The number of halogens is 1. The number of rotatable bonds is 2. The van der Waals surface area contributed by atoms with E-state index in [0.29, 0.717) is 10.8 Å². The lowest BCUT2D eigenvalue weighted by Gasteiger charge is -2.20. The molecule has 1 aromatic heterocycles. The number of nitrogens with zero attached hydrogens (tertiary/aromatic N) is 1. The monoisotopic (exact) mass is 256 g/mol. The zero-order chi connectivity index (χ0) is 11.4. The highest BCUT2D eigenvalue weighted by molar-refractivity contribution is 8.00. The van der Waals surface area contributed by atoms with Crippen LogP contribution in [0, 0.1) is 0 Å². The Morgan fingerprint density at radius 1 is 1.50 bits per heavy atom. The van der Waals surface area contributed by atoms with E-state index in [9.17, 15) is 4.79 Å². The summed E-state index contributed by atoms with van der Waals surface area (Å²) in [5.74, 6) is 1.16. The quantitative estimate of drug-likeness (QED) is 0.828. The molecule has 5 heteroatoms. The highest BCUT2D eigenvalue weighted by atomic mass is 35.5. The number of amides is 1. The molecule has 0 aromatic carbocycles. The molecule has 1 amide bonds. The van der Waals surface area contributed by atoms with E-state index in [-0.39, 0.29) is 11.2 Å². The first kappa shape index (κ1) is 11.7. The number of aromatic nitrogens is 1. The predicted octanol–water partition coefficient (Wildman–Crippen LogP) is 2.96. The van der Waals surface area contributed by atoms with Crippen LogP contribution in [-0.4, -0.2) is 21.9 Å². The van der Waals surface area contributed by atoms with Gasteiger partial charge in [-0.3, -0.25) is 4.79 Å². The van der Waals surface area contributed by atoms with Gasteiger partial charge in [0.2, 0.25) is 5.91 Å². The fraction of sp³-hybridized carbons (Fsp3) is 0.455. The van der Waals surface area contributed by atoms with E-state index in [1.807, 2.05) is 0 Å². The van der Waals surface area contributed by atoms with Crippen LogP contribution in [-0.2, 0) is 4.79 Å². The summed E-state index contributed by atoms with van der Waals surface area (Å²) >= 11 is 7.40. The third-order valence-electron chi connectivity index (χ3n) is 2.47. The van der Waals surface area contributed by atoms with Crippen molar-refractivity contribution in [3.05, 3.63) is 23.5 Å². The molecule has 0 bridgehead atoms. The minimum atomic E-state index is 0.0776. The molecular weight excluding hydrogens is 244 g/mol. The zero-order valence-corrected chi connectivity index (χ0v) is 10.4. The van der Waals surface area contributed by atoms with Crippen molar-refractivity contribution in [2.45, 2.75) is 24.5 Å². The number of carbonyl (C=O) groups excluding carboxylic acids is 1. The topological polar surface area (TPSA) is 42.0 Å². The molecule has 1 N–H and O–H groups in total. The lowest BCUT2D eigenvalue weighted by molar-refractivity contribution is -0.115. The molecule has 1 aromatic rings. The second kappa shape index (κ2) is 5.55. The molecule has 1 unspecified atom stereocenters. The van der Waals surface area contributed by atoms with Gasteiger partial charge in [0.1, 0.15) is 5.15 Å². The smallest absolute Gasteiger partial charge is 0.237 e. The normalized spacial score (nSPS) is 20.4. The zero-order valence-electron chi connectivity index (χ0n) is 8.78. The molecule has 0 spiro atoms. The first-order chi connectivity index (χ1) is 7.75. The summed E-state index contributed by atoms with van der Waals surface area (Å²) in [4.78, 5) is 15.8. The van der Waals surface area contributed by atoms with Crippen molar-refractivity contribution in [2.24, 2.45) is 0 Å². The van der Waals surface area contributed by atoms with Gasteiger partial charge in [-0.25, -0.2) is 4.98 Å². The average Bonchev–Trinajstić information content (AvgIpc) is 2.33. The van der Waals surface area contributed by atoms with Crippen molar-refractivity contribution in [3.63, 3.8) is 0 Å². The van der Waals surface area contributed by atoms with Gasteiger partial charge in [0, 0.05) is 0 Å². The van der Waals surface area contributed by atoms with E-state index in [1.54, 1.807) is 30.1 Å². The minimum absolute atomic E-state index is 0.0776. The molecule has 2 heterocycles. The van der Waals surface area contributed by atoms with Crippen molar-refractivity contribution < 1.29 is 4.79 Å². The van der Waals surface area contributed by atoms with Gasteiger partial charge in [-0.2, -0.15) is 0 Å². The molecular formula is C11H13ClN2OS. The second-order valence-corrected chi connectivity index (χ2v) is 5.41. The van der Waals surface area contributed by atoms with Gasteiger partial charge in [-0.15, -0.1) is 11.8 Å². The highest BCUT2D eigenvalue weighted by Gasteiger charge is 2.21. The number of hydrogen-bond acceptors (Lipinski definition) is 3. The number of carbonyl (C=O) groups is 1. The van der Waals surface area contributed by atoms with Crippen molar-refractivity contribution in [1.29, 1.82) is 0 Å². The summed E-state index contributed by atoms with van der Waals surface area (Å²) in [5, 5.41) is 3.38. The Labute approximate surface area is 104 Å². The number of hydrogen-bond donors (Lipinski definition) is 1. The average molecular weight is 257 g/mol. The van der Waals surface area contributed by atoms with Crippen molar-refractivity contribution in [2.75, 3.05) is 11.1 Å². The fourth-order valence-electron chi connectivity index (χ4n) is 1.62. The maximum atomic E-state index is 11.9. The number of nitrogens with one attached hydrogen (secondary N) is 1. The van der Waals surface area contributed by atoms with E-state index in [0.717, 1.165) is 18.6 Å². The Balaban J connectivity index is 1.93. The van der Waals surface area contributed by atoms with Crippen LogP contribution in [0.3, 0.4) is 0 Å². The van der Waals surface area contributed by atoms with E-state index in [4.69, 9.17) is 11.6 Å². The molecule has 1 aliphatic rings. The van der Waals surface area contributed by atoms with E-state index in [1.165, 1.54) is 6.42 Å². The minimum Gasteiger partial charge on any atom is -0.324 e. The molecule has 2 rings (SSSR count). The predicted molar refractivity (Wildman–Crippen MR) is 68.0 cm³/mol. The number of thioether (sulfide) groups is 1. The summed E-state index contributed by atoms with van der Waals surface area (Å²) in [5.41, 5.74) is 0.709. The van der Waals surface area contributed by atoms with Crippen LogP contribution in [0.2, 0.25) is 5.15 Å². The van der Waals surface area contributed by atoms with Gasteiger partial charge in [0.15, 0.2) is 0 Å². The molecule has 0 radical (unpaired) electrons. The Morgan fingerprint density at radius 3 is 3.00 bits per heavy atom. The van der Waals surface area contributed by atoms with Gasteiger partial charge >= 0.3 is 0 Å². The Kier molecular flexibility index (Phi) is 4.07. The number of pyridine rings is 1. The van der Waals surface area contributed by atoms with Crippen molar-refractivity contribution >= 4 is 35.0 Å². The summed E-state index contributed by atoms with van der Waals surface area (Å²) in [6.07, 6.45) is 4.91. The van der Waals surface area contributed by atoms with Crippen LogP contribution in [0.25, 0.3) is 0 Å². The van der Waals surface area contributed by atoms with E-state index >= 15 is 0 Å². The van der Waals surface area contributed by atoms with Gasteiger partial charge in [0.25, 0.3) is 0 Å². The first-order valence-corrected chi connectivity index (χ1v) is 6.72. The molecule has 1 fully saturated rings. The lowest BCUT2D eigenvalue weighted by Crippen LogP contribution is -2.27. The molecule has 1 atom stereocenters. The SMILES string of the molecule is O=C(Nc1ccc(Cl)nc1)C1CCCCS1. The largest absolute Gasteiger partial charge is 0.324 e. The van der Waals surface area contributed by atoms with Crippen molar-refractivity contribution in [3.8, 4) is 0 Å². The van der Waals surface area contributed by atoms with E-state index < -0.39 is 0 Å². The molecule has 1 saturated heterocycles. The third-order valence-corrected chi connectivity index (χ3v) is 4.07. The molecule has 3 nitrogen and oxygen atoms in total. The van der Waals surface area contributed by atoms with Crippen LogP contribution in [0.1, 0.15) is 19.3 Å². The van der Waals surface area contributed by atoms with Crippen LogP contribution >= 0.6 is 23.4 Å². The maximum absolute atomic E-state index is 11.9. The third kappa shape index (κ3) is 3.12. The van der Waals surface area contributed by atoms with Crippen LogP contribution in [0.15, 0.2) is 18.3 Å². The maximum Gasteiger partial charge on any atom is 0.237 e. The van der Waals surface area contributed by atoms with E-state index in [2.05, 4.69) is 10.3 Å². The fourth-order valence-corrected chi connectivity index (χ4v) is 2.93. The molecule has 0 aliphatic carbocycles. The van der Waals surface area contributed by atoms with Crippen LogP contribution < -0.4 is 5.32 Å².